The van der Waals surface area contributed by atoms with Gasteiger partial charge in [-0.3, -0.25) is 5.10 Å². The maximum absolute atomic E-state index is 12.3. The van der Waals surface area contributed by atoms with Gasteiger partial charge in [0.1, 0.15) is 11.1 Å². The van der Waals surface area contributed by atoms with Crippen LogP contribution in [0.5, 0.6) is 0 Å². The maximum Gasteiger partial charge on any atom is 0.168 e. The van der Waals surface area contributed by atoms with Crippen LogP contribution in [0, 0.1) is 5.92 Å². The van der Waals surface area contributed by atoms with Crippen molar-refractivity contribution in [1.29, 1.82) is 0 Å². The van der Waals surface area contributed by atoms with Gasteiger partial charge in [0.05, 0.1) is 5.75 Å². The Hall–Kier alpha value is -0.910. The van der Waals surface area contributed by atoms with Crippen molar-refractivity contribution >= 4 is 9.84 Å². The van der Waals surface area contributed by atoms with E-state index in [-0.39, 0.29) is 5.75 Å². The minimum atomic E-state index is -3.14. The molecule has 2 rings (SSSR count). The van der Waals surface area contributed by atoms with Crippen LogP contribution in [-0.4, -0.2) is 29.4 Å². The maximum atomic E-state index is 12.3. The van der Waals surface area contributed by atoms with Crippen LogP contribution < -0.4 is 0 Å². The Kier molecular flexibility index (Phi) is 4.04. The third kappa shape index (κ3) is 2.91. The van der Waals surface area contributed by atoms with Gasteiger partial charge in [-0.1, -0.05) is 19.8 Å². The molecule has 0 aliphatic heterocycles. The number of nitrogens with one attached hydrogen (secondary N) is 1. The second-order valence-electron chi connectivity index (χ2n) is 5.12. The molecule has 6 heteroatoms. The summed E-state index contributed by atoms with van der Waals surface area (Å²) in [6.07, 6.45) is 5.15. The smallest absolute Gasteiger partial charge is 0.168 e. The fourth-order valence-electron chi connectivity index (χ4n) is 2.46. The van der Waals surface area contributed by atoms with Gasteiger partial charge in [-0.25, -0.2) is 13.4 Å². The Labute approximate surface area is 108 Å². The first-order valence-corrected chi connectivity index (χ1v) is 8.37. The molecule has 0 aromatic carbocycles. The van der Waals surface area contributed by atoms with Gasteiger partial charge in [-0.15, -0.1) is 0 Å². The third-order valence-electron chi connectivity index (χ3n) is 3.73. The predicted octanol–water partition coefficient (Wildman–Crippen LogP) is 2.03. The zero-order chi connectivity index (χ0) is 13.2. The lowest BCUT2D eigenvalue weighted by Gasteiger charge is -2.13. The Morgan fingerprint density at radius 3 is 2.61 bits per heavy atom. The molecule has 1 aromatic rings. The summed E-state index contributed by atoms with van der Waals surface area (Å²) in [6, 6.07) is 0. The highest BCUT2D eigenvalue weighted by molar-refractivity contribution is 7.91. The number of hydrogen-bond acceptors (Lipinski definition) is 4. The summed E-state index contributed by atoms with van der Waals surface area (Å²) in [5, 5.41) is 6.19. The van der Waals surface area contributed by atoms with Crippen molar-refractivity contribution in [3.8, 4) is 0 Å². The second-order valence-corrected chi connectivity index (χ2v) is 7.48. The molecule has 1 atom stereocenters. The average molecular weight is 271 g/mol. The molecule has 1 unspecified atom stereocenters. The Balaban J connectivity index is 2.08. The van der Waals surface area contributed by atoms with Crippen LogP contribution in [0.15, 0.2) is 0 Å². The van der Waals surface area contributed by atoms with Crippen molar-refractivity contribution in [1.82, 2.24) is 15.2 Å². The molecule has 0 amide bonds. The highest BCUT2D eigenvalue weighted by atomic mass is 32.2. The molecule has 1 aliphatic rings. The average Bonchev–Trinajstić information content (AvgIpc) is 2.97. The Morgan fingerprint density at radius 1 is 1.39 bits per heavy atom. The molecule has 0 saturated heterocycles. The van der Waals surface area contributed by atoms with Gasteiger partial charge in [0.15, 0.2) is 15.7 Å². The third-order valence-corrected chi connectivity index (χ3v) is 5.95. The van der Waals surface area contributed by atoms with Gasteiger partial charge in [0, 0.05) is 6.42 Å². The zero-order valence-corrected chi connectivity index (χ0v) is 11.8. The van der Waals surface area contributed by atoms with Crippen molar-refractivity contribution < 1.29 is 8.42 Å². The molecule has 0 radical (unpaired) electrons. The van der Waals surface area contributed by atoms with Gasteiger partial charge >= 0.3 is 0 Å². The molecule has 18 heavy (non-hydrogen) atoms. The van der Waals surface area contributed by atoms with Crippen LogP contribution in [0.1, 0.15) is 56.4 Å². The Bertz CT molecular complexity index is 489. The molecule has 5 nitrogen and oxygen atoms in total. The number of aryl methyl sites for hydroxylation is 1. The fraction of sp³-hybridized carbons (Fsp3) is 0.833. The summed E-state index contributed by atoms with van der Waals surface area (Å²) >= 11 is 0. The lowest BCUT2D eigenvalue weighted by Crippen LogP contribution is -2.20. The number of nitrogens with zero attached hydrogens (tertiary/aromatic N) is 2. The summed E-state index contributed by atoms with van der Waals surface area (Å²) in [5.74, 6) is 1.77. The second kappa shape index (κ2) is 5.38. The van der Waals surface area contributed by atoms with E-state index in [2.05, 4.69) is 15.2 Å². The number of aromatic nitrogens is 3. The zero-order valence-electron chi connectivity index (χ0n) is 11.0. The molecule has 1 heterocycles. The van der Waals surface area contributed by atoms with Gasteiger partial charge in [0.2, 0.25) is 0 Å². The highest BCUT2D eigenvalue weighted by Crippen LogP contribution is 2.29. The van der Waals surface area contributed by atoms with Gasteiger partial charge in [0.25, 0.3) is 0 Å². The van der Waals surface area contributed by atoms with Crippen LogP contribution in [0.3, 0.4) is 0 Å². The Morgan fingerprint density at radius 2 is 2.06 bits per heavy atom. The predicted molar refractivity (Wildman–Crippen MR) is 69.9 cm³/mol. The van der Waals surface area contributed by atoms with E-state index in [9.17, 15) is 8.42 Å². The van der Waals surface area contributed by atoms with Gasteiger partial charge < -0.3 is 0 Å². The van der Waals surface area contributed by atoms with Crippen LogP contribution in [-0.2, 0) is 16.3 Å². The van der Waals surface area contributed by atoms with E-state index in [1.165, 1.54) is 0 Å². The van der Waals surface area contributed by atoms with E-state index in [4.69, 9.17) is 0 Å². The topological polar surface area (TPSA) is 75.7 Å². The van der Waals surface area contributed by atoms with Crippen LogP contribution in [0.2, 0.25) is 0 Å². The molecule has 1 saturated carbocycles. The summed E-state index contributed by atoms with van der Waals surface area (Å²) in [4.78, 5) is 4.22. The minimum absolute atomic E-state index is 0.282. The number of rotatable bonds is 5. The van der Waals surface area contributed by atoms with E-state index >= 15 is 0 Å². The number of H-pyrrole nitrogens is 1. The number of hydrogen-bond donors (Lipinski definition) is 1. The fourth-order valence-corrected chi connectivity index (χ4v) is 4.17. The molecule has 1 N–H and O–H groups in total. The first-order chi connectivity index (χ1) is 8.53. The van der Waals surface area contributed by atoms with Crippen molar-refractivity contribution in [3.63, 3.8) is 0 Å². The molecule has 0 spiro atoms. The summed E-state index contributed by atoms with van der Waals surface area (Å²) < 4.78 is 24.6. The monoisotopic (exact) mass is 271 g/mol. The number of aromatic amines is 1. The van der Waals surface area contributed by atoms with Crippen LogP contribution in [0.4, 0.5) is 0 Å². The van der Waals surface area contributed by atoms with Crippen molar-refractivity contribution in [2.45, 2.75) is 51.2 Å². The molecule has 1 aromatic heterocycles. The summed E-state index contributed by atoms with van der Waals surface area (Å²) in [5.41, 5.74) is 0. The number of sulfone groups is 1. The molecule has 1 fully saturated rings. The first-order valence-electron chi connectivity index (χ1n) is 6.65. The first kappa shape index (κ1) is 13.5. The standard InChI is InChI=1S/C12H21N3O2S/c1-3-11-13-12(15-14-11)9(2)18(16,17)8-10-6-4-5-7-10/h9-10H,3-8H2,1-2H3,(H,13,14,15). The van der Waals surface area contributed by atoms with E-state index in [1.807, 2.05) is 6.92 Å². The molecular formula is C12H21N3O2S. The quantitative estimate of drug-likeness (QED) is 0.889. The summed E-state index contributed by atoms with van der Waals surface area (Å²) in [7, 11) is -3.14. The lowest BCUT2D eigenvalue weighted by molar-refractivity contribution is 0.549. The largest absolute Gasteiger partial charge is 0.263 e. The van der Waals surface area contributed by atoms with Crippen molar-refractivity contribution in [3.05, 3.63) is 11.6 Å². The van der Waals surface area contributed by atoms with E-state index < -0.39 is 15.1 Å². The molecule has 1 aliphatic carbocycles. The molecular weight excluding hydrogens is 250 g/mol. The van der Waals surface area contributed by atoms with Crippen molar-refractivity contribution in [2.75, 3.05) is 5.75 Å². The minimum Gasteiger partial charge on any atom is -0.263 e. The normalized spacial score (nSPS) is 19.2. The van der Waals surface area contributed by atoms with Gasteiger partial charge in [-0.05, 0) is 25.7 Å². The van der Waals surface area contributed by atoms with Crippen molar-refractivity contribution in [2.24, 2.45) is 5.92 Å². The molecule has 0 bridgehead atoms. The van der Waals surface area contributed by atoms with E-state index in [0.29, 0.717) is 11.7 Å². The lowest BCUT2D eigenvalue weighted by atomic mass is 10.1. The van der Waals surface area contributed by atoms with E-state index in [1.54, 1.807) is 6.92 Å². The van der Waals surface area contributed by atoms with Crippen LogP contribution >= 0.6 is 0 Å². The van der Waals surface area contributed by atoms with Gasteiger partial charge in [-0.2, -0.15) is 5.10 Å². The van der Waals surface area contributed by atoms with Crippen LogP contribution in [0.25, 0.3) is 0 Å². The van der Waals surface area contributed by atoms with E-state index in [0.717, 1.165) is 37.9 Å². The molecule has 102 valence electrons. The summed E-state index contributed by atoms with van der Waals surface area (Å²) in [6.45, 7) is 3.65. The SMILES string of the molecule is CCc1nc(C(C)S(=O)(=O)CC2CCCC2)n[nH]1. The highest BCUT2D eigenvalue weighted by Gasteiger charge is 2.30.